The summed E-state index contributed by atoms with van der Waals surface area (Å²) in [7, 11) is 0. The Balaban J connectivity index is 2.45. The first-order valence-corrected chi connectivity index (χ1v) is 4.96. The molecule has 0 bridgehead atoms. The molecule has 3 heteroatoms. The highest BCUT2D eigenvalue weighted by atomic mass is 16.2. The van der Waals surface area contributed by atoms with Crippen LogP contribution < -0.4 is 11.1 Å². The number of benzene rings is 1. The van der Waals surface area contributed by atoms with Gasteiger partial charge in [-0.2, -0.15) is 0 Å². The van der Waals surface area contributed by atoms with E-state index in [9.17, 15) is 4.79 Å². The van der Waals surface area contributed by atoms with Gasteiger partial charge in [-0.05, 0) is 25.0 Å². The third-order valence-corrected chi connectivity index (χ3v) is 2.06. The summed E-state index contributed by atoms with van der Waals surface area (Å²) in [6.45, 7) is 3.59. The van der Waals surface area contributed by atoms with E-state index in [1.165, 1.54) is 0 Å². The summed E-state index contributed by atoms with van der Waals surface area (Å²) < 4.78 is 0. The smallest absolute Gasteiger partial charge is 0.241 e. The zero-order chi connectivity index (χ0) is 11.1. The van der Waals surface area contributed by atoms with Crippen LogP contribution in [-0.2, 0) is 4.79 Å². The Morgan fingerprint density at radius 3 is 2.73 bits per heavy atom. The maximum Gasteiger partial charge on any atom is 0.241 e. The predicted octanol–water partition coefficient (Wildman–Crippen LogP) is 1.92. The second kappa shape index (κ2) is 5.98. The quantitative estimate of drug-likeness (QED) is 0.720. The molecule has 0 radical (unpaired) electrons. The van der Waals surface area contributed by atoms with Crippen molar-refractivity contribution in [3.8, 4) is 0 Å². The van der Waals surface area contributed by atoms with Gasteiger partial charge < -0.3 is 11.1 Å². The van der Waals surface area contributed by atoms with Crippen molar-refractivity contribution in [1.82, 2.24) is 0 Å². The van der Waals surface area contributed by atoms with Crippen LogP contribution in [-0.4, -0.2) is 11.9 Å². The molecule has 1 unspecified atom stereocenters. The molecule has 80 valence electrons. The number of para-hydroxylation sites is 1. The van der Waals surface area contributed by atoms with Crippen LogP contribution in [0, 0.1) is 0 Å². The fourth-order valence-electron chi connectivity index (χ4n) is 1.18. The SMILES string of the molecule is C=CCCC(N)C(=O)Nc1ccccc1. The van der Waals surface area contributed by atoms with Gasteiger partial charge in [-0.3, -0.25) is 4.79 Å². The van der Waals surface area contributed by atoms with E-state index in [0.29, 0.717) is 6.42 Å². The largest absolute Gasteiger partial charge is 0.325 e. The molecule has 0 aliphatic rings. The van der Waals surface area contributed by atoms with E-state index in [1.54, 1.807) is 6.08 Å². The van der Waals surface area contributed by atoms with Gasteiger partial charge in [0.15, 0.2) is 0 Å². The van der Waals surface area contributed by atoms with Gasteiger partial charge in [0.1, 0.15) is 0 Å². The molecule has 1 rings (SSSR count). The molecule has 0 heterocycles. The summed E-state index contributed by atoms with van der Waals surface area (Å²) in [4.78, 5) is 11.5. The van der Waals surface area contributed by atoms with E-state index in [-0.39, 0.29) is 5.91 Å². The van der Waals surface area contributed by atoms with E-state index in [4.69, 9.17) is 5.73 Å². The molecule has 0 fully saturated rings. The summed E-state index contributed by atoms with van der Waals surface area (Å²) in [5.74, 6) is -0.150. The third-order valence-electron chi connectivity index (χ3n) is 2.06. The third kappa shape index (κ3) is 3.95. The molecule has 1 atom stereocenters. The number of rotatable bonds is 5. The van der Waals surface area contributed by atoms with Crippen LogP contribution in [0.15, 0.2) is 43.0 Å². The second-order valence-electron chi connectivity index (χ2n) is 3.33. The Bertz CT molecular complexity index is 322. The van der Waals surface area contributed by atoms with Gasteiger partial charge in [-0.15, -0.1) is 6.58 Å². The van der Waals surface area contributed by atoms with E-state index < -0.39 is 6.04 Å². The van der Waals surface area contributed by atoms with Crippen LogP contribution in [0.25, 0.3) is 0 Å². The first kappa shape index (κ1) is 11.5. The zero-order valence-corrected chi connectivity index (χ0v) is 8.65. The van der Waals surface area contributed by atoms with Gasteiger partial charge in [0.05, 0.1) is 6.04 Å². The predicted molar refractivity (Wildman–Crippen MR) is 62.5 cm³/mol. The lowest BCUT2D eigenvalue weighted by atomic mass is 10.1. The lowest BCUT2D eigenvalue weighted by Gasteiger charge is -2.10. The molecule has 0 saturated carbocycles. The molecule has 0 saturated heterocycles. The van der Waals surface area contributed by atoms with Gasteiger partial charge in [0.25, 0.3) is 0 Å². The monoisotopic (exact) mass is 204 g/mol. The minimum Gasteiger partial charge on any atom is -0.325 e. The summed E-state index contributed by atoms with van der Waals surface area (Å²) in [6.07, 6.45) is 3.14. The zero-order valence-electron chi connectivity index (χ0n) is 8.65. The summed E-state index contributed by atoms with van der Waals surface area (Å²) >= 11 is 0. The minimum atomic E-state index is -0.469. The number of allylic oxidation sites excluding steroid dienone is 1. The van der Waals surface area contributed by atoms with Crippen LogP contribution in [0.3, 0.4) is 0 Å². The van der Waals surface area contributed by atoms with Crippen molar-refractivity contribution in [2.45, 2.75) is 18.9 Å². The average Bonchev–Trinajstić information content (AvgIpc) is 2.27. The Morgan fingerprint density at radius 2 is 2.13 bits per heavy atom. The summed E-state index contributed by atoms with van der Waals surface area (Å²) in [5, 5.41) is 2.75. The van der Waals surface area contributed by atoms with E-state index in [0.717, 1.165) is 12.1 Å². The van der Waals surface area contributed by atoms with E-state index in [1.807, 2.05) is 30.3 Å². The van der Waals surface area contributed by atoms with Crippen molar-refractivity contribution < 1.29 is 4.79 Å². The maximum absolute atomic E-state index is 11.5. The Hall–Kier alpha value is -1.61. The highest BCUT2D eigenvalue weighted by Crippen LogP contribution is 2.06. The number of nitrogens with one attached hydrogen (secondary N) is 1. The fourth-order valence-corrected chi connectivity index (χ4v) is 1.18. The minimum absolute atomic E-state index is 0.150. The van der Waals surface area contributed by atoms with Crippen LogP contribution in [0.1, 0.15) is 12.8 Å². The lowest BCUT2D eigenvalue weighted by molar-refractivity contribution is -0.117. The van der Waals surface area contributed by atoms with Crippen LogP contribution in [0.5, 0.6) is 0 Å². The van der Waals surface area contributed by atoms with Crippen molar-refractivity contribution >= 4 is 11.6 Å². The van der Waals surface area contributed by atoms with Gasteiger partial charge in [-0.1, -0.05) is 24.3 Å². The van der Waals surface area contributed by atoms with Crippen LogP contribution in [0.2, 0.25) is 0 Å². The van der Waals surface area contributed by atoms with Gasteiger partial charge in [0, 0.05) is 5.69 Å². The average molecular weight is 204 g/mol. The van der Waals surface area contributed by atoms with Crippen LogP contribution in [0.4, 0.5) is 5.69 Å². The van der Waals surface area contributed by atoms with Crippen molar-refractivity contribution in [3.05, 3.63) is 43.0 Å². The fraction of sp³-hybridized carbons (Fsp3) is 0.250. The molecule has 3 N–H and O–H groups in total. The van der Waals surface area contributed by atoms with Crippen molar-refractivity contribution in [2.24, 2.45) is 5.73 Å². The van der Waals surface area contributed by atoms with Gasteiger partial charge in [0.2, 0.25) is 5.91 Å². The number of carbonyl (C=O) groups is 1. The van der Waals surface area contributed by atoms with Crippen molar-refractivity contribution in [2.75, 3.05) is 5.32 Å². The van der Waals surface area contributed by atoms with E-state index >= 15 is 0 Å². The number of hydrogen-bond donors (Lipinski definition) is 2. The van der Waals surface area contributed by atoms with Gasteiger partial charge >= 0.3 is 0 Å². The molecular formula is C12H16N2O. The van der Waals surface area contributed by atoms with Gasteiger partial charge in [-0.25, -0.2) is 0 Å². The molecule has 3 nitrogen and oxygen atoms in total. The molecule has 15 heavy (non-hydrogen) atoms. The number of hydrogen-bond acceptors (Lipinski definition) is 2. The topological polar surface area (TPSA) is 55.1 Å². The number of amides is 1. The highest BCUT2D eigenvalue weighted by Gasteiger charge is 2.11. The maximum atomic E-state index is 11.5. The molecule has 1 aromatic carbocycles. The lowest BCUT2D eigenvalue weighted by Crippen LogP contribution is -2.35. The molecule has 0 aliphatic heterocycles. The molecule has 1 aromatic rings. The summed E-state index contributed by atoms with van der Waals surface area (Å²) in [6, 6.07) is 8.82. The first-order chi connectivity index (χ1) is 7.24. The Kier molecular flexibility index (Phi) is 4.57. The molecule has 1 amide bonds. The Morgan fingerprint density at radius 1 is 1.47 bits per heavy atom. The summed E-state index contributed by atoms with van der Waals surface area (Å²) in [5.41, 5.74) is 6.47. The van der Waals surface area contributed by atoms with Crippen LogP contribution >= 0.6 is 0 Å². The highest BCUT2D eigenvalue weighted by molar-refractivity contribution is 5.94. The standard InChI is InChI=1S/C12H16N2O/c1-2-3-9-11(13)12(15)14-10-7-5-4-6-8-10/h2,4-8,11H,1,3,9,13H2,(H,14,15). The normalized spacial score (nSPS) is 11.8. The van der Waals surface area contributed by atoms with Crippen molar-refractivity contribution in [3.63, 3.8) is 0 Å². The first-order valence-electron chi connectivity index (χ1n) is 4.96. The molecular weight excluding hydrogens is 188 g/mol. The van der Waals surface area contributed by atoms with Crippen molar-refractivity contribution in [1.29, 1.82) is 0 Å². The Labute approximate surface area is 90.0 Å². The number of carbonyl (C=O) groups excluding carboxylic acids is 1. The number of nitrogens with two attached hydrogens (primary N) is 1. The molecule has 0 aliphatic carbocycles. The second-order valence-corrected chi connectivity index (χ2v) is 3.33. The molecule has 0 spiro atoms. The molecule has 0 aromatic heterocycles. The van der Waals surface area contributed by atoms with E-state index in [2.05, 4.69) is 11.9 Å². The number of anilines is 1.